The van der Waals surface area contributed by atoms with Crippen molar-refractivity contribution in [3.63, 3.8) is 0 Å². The second kappa shape index (κ2) is 7.06. The molecule has 1 unspecified atom stereocenters. The third kappa shape index (κ3) is 4.91. The van der Waals surface area contributed by atoms with Gasteiger partial charge in [0.25, 0.3) is 0 Å². The predicted molar refractivity (Wildman–Crippen MR) is 66.6 cm³/mol. The lowest BCUT2D eigenvalue weighted by atomic mass is 10.3. The van der Waals surface area contributed by atoms with Crippen molar-refractivity contribution >= 4 is 16.0 Å². The summed E-state index contributed by atoms with van der Waals surface area (Å²) in [4.78, 5) is 11.2. The van der Waals surface area contributed by atoms with E-state index in [-0.39, 0.29) is 30.8 Å². The molecule has 0 bridgehead atoms. The molecule has 0 spiro atoms. The second-order valence-electron chi connectivity index (χ2n) is 4.29. The van der Waals surface area contributed by atoms with Crippen LogP contribution in [0.1, 0.15) is 26.2 Å². The van der Waals surface area contributed by atoms with Crippen molar-refractivity contribution in [1.29, 1.82) is 0 Å². The van der Waals surface area contributed by atoms with Crippen LogP contribution >= 0.6 is 0 Å². The number of rotatable bonds is 7. The fraction of sp³-hybridized carbons (Fsp3) is 0.909. The summed E-state index contributed by atoms with van der Waals surface area (Å²) in [7, 11) is -1.88. The van der Waals surface area contributed by atoms with E-state index >= 15 is 0 Å². The summed E-state index contributed by atoms with van der Waals surface area (Å²) in [6.07, 6.45) is 1.56. The monoisotopic (exact) mass is 279 g/mol. The average Bonchev–Trinajstić information content (AvgIpc) is 2.78. The highest BCUT2D eigenvalue weighted by Gasteiger charge is 2.26. The first-order valence-corrected chi connectivity index (χ1v) is 7.78. The van der Waals surface area contributed by atoms with Crippen molar-refractivity contribution in [3.8, 4) is 0 Å². The second-order valence-corrected chi connectivity index (χ2v) is 6.41. The molecule has 18 heavy (non-hydrogen) atoms. The zero-order valence-corrected chi connectivity index (χ0v) is 11.7. The van der Waals surface area contributed by atoms with Crippen LogP contribution in [0.25, 0.3) is 0 Å². The number of sulfonamides is 1. The molecule has 0 aliphatic carbocycles. The highest BCUT2D eigenvalue weighted by atomic mass is 32.2. The molecule has 106 valence electrons. The third-order valence-corrected chi connectivity index (χ3v) is 4.76. The molecular formula is C11H21NO5S. The van der Waals surface area contributed by atoms with Crippen LogP contribution in [0.15, 0.2) is 0 Å². The number of carbonyl (C=O) groups is 1. The molecule has 0 amide bonds. The summed E-state index contributed by atoms with van der Waals surface area (Å²) in [5, 5.41) is 0. The number of hydrogen-bond acceptors (Lipinski definition) is 5. The Bertz CT molecular complexity index is 362. The van der Waals surface area contributed by atoms with Crippen LogP contribution in [0.4, 0.5) is 0 Å². The summed E-state index contributed by atoms with van der Waals surface area (Å²) in [6.45, 7) is 2.81. The first kappa shape index (κ1) is 15.4. The van der Waals surface area contributed by atoms with Crippen LogP contribution in [-0.2, 0) is 24.3 Å². The van der Waals surface area contributed by atoms with Gasteiger partial charge >= 0.3 is 5.97 Å². The zero-order chi connectivity index (χ0) is 13.6. The quantitative estimate of drug-likeness (QED) is 0.630. The summed E-state index contributed by atoms with van der Waals surface area (Å²) in [5.41, 5.74) is 0. The topological polar surface area (TPSA) is 72.9 Å². The molecule has 0 radical (unpaired) electrons. The van der Waals surface area contributed by atoms with E-state index in [0.29, 0.717) is 13.2 Å². The van der Waals surface area contributed by atoms with Gasteiger partial charge < -0.3 is 9.47 Å². The van der Waals surface area contributed by atoms with Crippen LogP contribution in [0.5, 0.6) is 0 Å². The first-order valence-electron chi connectivity index (χ1n) is 6.17. The fourth-order valence-electron chi connectivity index (χ4n) is 1.76. The molecule has 0 saturated carbocycles. The van der Waals surface area contributed by atoms with Gasteiger partial charge in [0.2, 0.25) is 10.0 Å². The number of hydrogen-bond donors (Lipinski definition) is 0. The van der Waals surface area contributed by atoms with Gasteiger partial charge in [0.05, 0.1) is 24.9 Å². The van der Waals surface area contributed by atoms with Gasteiger partial charge in [0.1, 0.15) is 0 Å². The molecule has 1 heterocycles. The minimum absolute atomic E-state index is 0.00761. The van der Waals surface area contributed by atoms with Gasteiger partial charge in [-0.3, -0.25) is 4.79 Å². The maximum atomic E-state index is 12.0. The van der Waals surface area contributed by atoms with Gasteiger partial charge in [-0.1, -0.05) is 0 Å². The molecule has 1 fully saturated rings. The standard InChI is InChI=1S/C11H21NO5S/c1-3-16-11(13)6-7-12(2)18(14,15)9-10-5-4-8-17-10/h10H,3-9H2,1-2H3. The van der Waals surface area contributed by atoms with Gasteiger partial charge in [-0.2, -0.15) is 0 Å². The first-order chi connectivity index (χ1) is 8.45. The molecule has 7 heteroatoms. The van der Waals surface area contributed by atoms with Crippen LogP contribution in [0.2, 0.25) is 0 Å². The van der Waals surface area contributed by atoms with Gasteiger partial charge in [-0.05, 0) is 19.8 Å². The van der Waals surface area contributed by atoms with Gasteiger partial charge in [-0.15, -0.1) is 0 Å². The van der Waals surface area contributed by atoms with E-state index in [1.54, 1.807) is 6.92 Å². The van der Waals surface area contributed by atoms with E-state index in [4.69, 9.17) is 9.47 Å². The molecule has 6 nitrogen and oxygen atoms in total. The molecule has 1 saturated heterocycles. The van der Waals surface area contributed by atoms with E-state index < -0.39 is 10.0 Å². The molecule has 0 aromatic rings. The van der Waals surface area contributed by atoms with E-state index in [1.165, 1.54) is 11.4 Å². The molecule has 1 aliphatic heterocycles. The van der Waals surface area contributed by atoms with Crippen molar-refractivity contribution in [2.24, 2.45) is 0 Å². The van der Waals surface area contributed by atoms with Crippen LogP contribution in [0.3, 0.4) is 0 Å². The predicted octanol–water partition coefficient (Wildman–Crippen LogP) is 0.380. The Morgan fingerprint density at radius 1 is 1.50 bits per heavy atom. The van der Waals surface area contributed by atoms with Gasteiger partial charge in [0, 0.05) is 20.2 Å². The zero-order valence-electron chi connectivity index (χ0n) is 10.9. The Morgan fingerprint density at radius 2 is 2.22 bits per heavy atom. The molecule has 0 N–H and O–H groups in total. The number of carbonyl (C=O) groups excluding carboxylic acids is 1. The fourth-order valence-corrected chi connectivity index (χ4v) is 3.12. The maximum absolute atomic E-state index is 12.0. The average molecular weight is 279 g/mol. The molecule has 0 aromatic heterocycles. The third-order valence-electron chi connectivity index (χ3n) is 2.83. The Morgan fingerprint density at radius 3 is 2.78 bits per heavy atom. The Hall–Kier alpha value is -0.660. The van der Waals surface area contributed by atoms with Gasteiger partial charge in [0.15, 0.2) is 0 Å². The van der Waals surface area contributed by atoms with Crippen LogP contribution < -0.4 is 0 Å². The van der Waals surface area contributed by atoms with Gasteiger partial charge in [-0.25, -0.2) is 12.7 Å². The van der Waals surface area contributed by atoms with Crippen molar-refractivity contribution in [3.05, 3.63) is 0 Å². The molecule has 1 aliphatic rings. The normalized spacial score (nSPS) is 20.3. The van der Waals surface area contributed by atoms with Crippen molar-refractivity contribution in [2.75, 3.05) is 32.6 Å². The molecule has 0 aromatic carbocycles. The number of nitrogens with zero attached hydrogens (tertiary/aromatic N) is 1. The molecular weight excluding hydrogens is 258 g/mol. The lowest BCUT2D eigenvalue weighted by Crippen LogP contribution is -2.35. The Labute approximate surface area is 108 Å². The van der Waals surface area contributed by atoms with Crippen LogP contribution in [0, 0.1) is 0 Å². The molecule has 1 atom stereocenters. The maximum Gasteiger partial charge on any atom is 0.307 e. The lowest BCUT2D eigenvalue weighted by molar-refractivity contribution is -0.143. The number of ether oxygens (including phenoxy) is 2. The lowest BCUT2D eigenvalue weighted by Gasteiger charge is -2.18. The number of esters is 1. The van der Waals surface area contributed by atoms with Crippen molar-refractivity contribution < 1.29 is 22.7 Å². The largest absolute Gasteiger partial charge is 0.466 e. The Kier molecular flexibility index (Phi) is 6.04. The smallest absolute Gasteiger partial charge is 0.307 e. The Balaban J connectivity index is 2.38. The summed E-state index contributed by atoms with van der Waals surface area (Å²) >= 11 is 0. The molecule has 1 rings (SSSR count). The summed E-state index contributed by atoms with van der Waals surface area (Å²) in [6, 6.07) is 0. The summed E-state index contributed by atoms with van der Waals surface area (Å²) < 4.78 is 35.2. The van der Waals surface area contributed by atoms with Crippen molar-refractivity contribution in [2.45, 2.75) is 32.3 Å². The van der Waals surface area contributed by atoms with Crippen LogP contribution in [-0.4, -0.2) is 57.4 Å². The SMILES string of the molecule is CCOC(=O)CCN(C)S(=O)(=O)CC1CCCO1. The highest BCUT2D eigenvalue weighted by Crippen LogP contribution is 2.15. The minimum atomic E-state index is -3.35. The van der Waals surface area contributed by atoms with E-state index in [1.807, 2.05) is 0 Å². The van der Waals surface area contributed by atoms with E-state index in [0.717, 1.165) is 12.8 Å². The minimum Gasteiger partial charge on any atom is -0.466 e. The summed E-state index contributed by atoms with van der Waals surface area (Å²) in [5.74, 6) is -0.386. The highest BCUT2D eigenvalue weighted by molar-refractivity contribution is 7.89. The van der Waals surface area contributed by atoms with E-state index in [2.05, 4.69) is 0 Å². The van der Waals surface area contributed by atoms with Crippen molar-refractivity contribution in [1.82, 2.24) is 4.31 Å². The van der Waals surface area contributed by atoms with E-state index in [9.17, 15) is 13.2 Å².